The molecule has 2 aromatic heterocycles. The monoisotopic (exact) mass is 349 g/mol. The smallest absolute Gasteiger partial charge is 0.271 e. The molecule has 1 amide bonds. The molecule has 134 valence electrons. The standard InChI is InChI=1S/C20H23N5O/c1-21-20(26)19-10-12-25(23-19)17-6-4-11-24(14-17)13-16-9-8-15-5-2-3-7-18(15)22-16/h2-3,5,7-10,12,17H,4,6,11,13-14H2,1H3,(H,21,26). The number of likely N-dealkylation sites (tertiary alicyclic amines) is 1. The Kier molecular flexibility index (Phi) is 4.67. The van der Waals surface area contributed by atoms with Crippen molar-refractivity contribution in [3.63, 3.8) is 0 Å². The van der Waals surface area contributed by atoms with Gasteiger partial charge in [-0.15, -0.1) is 0 Å². The van der Waals surface area contributed by atoms with E-state index < -0.39 is 0 Å². The fraction of sp³-hybridized carbons (Fsp3) is 0.350. The van der Waals surface area contributed by atoms with Crippen molar-refractivity contribution < 1.29 is 4.79 Å². The van der Waals surface area contributed by atoms with E-state index in [0.717, 1.165) is 43.7 Å². The number of carbonyl (C=O) groups excluding carboxylic acids is 1. The number of benzene rings is 1. The number of carbonyl (C=O) groups is 1. The average molecular weight is 349 g/mol. The van der Waals surface area contributed by atoms with Crippen LogP contribution in [0.5, 0.6) is 0 Å². The quantitative estimate of drug-likeness (QED) is 0.786. The summed E-state index contributed by atoms with van der Waals surface area (Å²) in [6.07, 6.45) is 4.11. The molecule has 1 aliphatic rings. The number of piperidine rings is 1. The normalized spacial score (nSPS) is 18.1. The summed E-state index contributed by atoms with van der Waals surface area (Å²) in [5.74, 6) is -0.142. The molecule has 0 spiro atoms. The Morgan fingerprint density at radius 3 is 3.00 bits per heavy atom. The minimum Gasteiger partial charge on any atom is -0.354 e. The van der Waals surface area contributed by atoms with Gasteiger partial charge in [0.25, 0.3) is 5.91 Å². The molecule has 1 unspecified atom stereocenters. The van der Waals surface area contributed by atoms with Crippen molar-refractivity contribution in [2.75, 3.05) is 20.1 Å². The molecule has 0 radical (unpaired) electrons. The number of hydrogen-bond donors (Lipinski definition) is 1. The Morgan fingerprint density at radius 1 is 1.23 bits per heavy atom. The van der Waals surface area contributed by atoms with Crippen molar-refractivity contribution >= 4 is 16.8 Å². The lowest BCUT2D eigenvalue weighted by atomic mass is 10.1. The van der Waals surface area contributed by atoms with Crippen LogP contribution in [0.15, 0.2) is 48.7 Å². The van der Waals surface area contributed by atoms with Crippen molar-refractivity contribution in [3.05, 3.63) is 60.0 Å². The maximum atomic E-state index is 11.7. The predicted molar refractivity (Wildman–Crippen MR) is 101 cm³/mol. The molecular formula is C20H23N5O. The maximum absolute atomic E-state index is 11.7. The van der Waals surface area contributed by atoms with E-state index in [9.17, 15) is 4.79 Å². The SMILES string of the molecule is CNC(=O)c1ccn(C2CCCN(Cc3ccc4ccccc4n3)C2)n1. The second-order valence-corrected chi connectivity index (χ2v) is 6.79. The molecule has 1 aromatic carbocycles. The largest absolute Gasteiger partial charge is 0.354 e. The van der Waals surface area contributed by atoms with Crippen molar-refractivity contribution in [1.82, 2.24) is 25.0 Å². The van der Waals surface area contributed by atoms with E-state index in [2.05, 4.69) is 39.6 Å². The summed E-state index contributed by atoms with van der Waals surface area (Å²) in [7, 11) is 1.63. The zero-order valence-electron chi connectivity index (χ0n) is 14.9. The highest BCUT2D eigenvalue weighted by atomic mass is 16.1. The van der Waals surface area contributed by atoms with Crippen LogP contribution in [0.25, 0.3) is 10.9 Å². The Morgan fingerprint density at radius 2 is 2.12 bits per heavy atom. The van der Waals surface area contributed by atoms with Crippen LogP contribution in [-0.4, -0.2) is 45.7 Å². The number of rotatable bonds is 4. The molecule has 3 heterocycles. The first-order valence-electron chi connectivity index (χ1n) is 9.07. The van der Waals surface area contributed by atoms with Crippen molar-refractivity contribution in [3.8, 4) is 0 Å². The predicted octanol–water partition coefficient (Wildman–Crippen LogP) is 2.63. The lowest BCUT2D eigenvalue weighted by molar-refractivity contribution is 0.0955. The summed E-state index contributed by atoms with van der Waals surface area (Å²) in [4.78, 5) is 18.9. The molecule has 1 fully saturated rings. The minimum atomic E-state index is -0.142. The van der Waals surface area contributed by atoms with Gasteiger partial charge >= 0.3 is 0 Å². The third-order valence-corrected chi connectivity index (χ3v) is 4.96. The van der Waals surface area contributed by atoms with Crippen molar-refractivity contribution in [2.24, 2.45) is 0 Å². The van der Waals surface area contributed by atoms with Gasteiger partial charge in [-0.1, -0.05) is 24.3 Å². The number of hydrogen-bond acceptors (Lipinski definition) is 4. The van der Waals surface area contributed by atoms with E-state index >= 15 is 0 Å². The summed E-state index contributed by atoms with van der Waals surface area (Å²) in [6, 6.07) is 14.5. The molecule has 26 heavy (non-hydrogen) atoms. The van der Waals surface area contributed by atoms with Gasteiger partial charge < -0.3 is 5.32 Å². The molecule has 3 aromatic rings. The van der Waals surface area contributed by atoms with Crippen LogP contribution in [0.4, 0.5) is 0 Å². The fourth-order valence-corrected chi connectivity index (χ4v) is 3.61. The van der Waals surface area contributed by atoms with Gasteiger partial charge in [0.15, 0.2) is 0 Å². The van der Waals surface area contributed by atoms with E-state index in [4.69, 9.17) is 4.98 Å². The third kappa shape index (κ3) is 3.46. The van der Waals surface area contributed by atoms with E-state index in [1.165, 1.54) is 5.39 Å². The average Bonchev–Trinajstić information content (AvgIpc) is 3.18. The summed E-state index contributed by atoms with van der Waals surface area (Å²) in [5.41, 5.74) is 2.61. The molecule has 1 aliphatic heterocycles. The van der Waals surface area contributed by atoms with Gasteiger partial charge in [-0.2, -0.15) is 5.10 Å². The fourth-order valence-electron chi connectivity index (χ4n) is 3.61. The van der Waals surface area contributed by atoms with Crippen LogP contribution < -0.4 is 5.32 Å². The van der Waals surface area contributed by atoms with Gasteiger partial charge in [-0.05, 0) is 37.6 Å². The first-order chi connectivity index (χ1) is 12.7. The molecule has 6 nitrogen and oxygen atoms in total. The second kappa shape index (κ2) is 7.25. The molecule has 1 saturated heterocycles. The number of fused-ring (bicyclic) bond motifs is 1. The lowest BCUT2D eigenvalue weighted by Crippen LogP contribution is -2.36. The zero-order chi connectivity index (χ0) is 17.9. The highest BCUT2D eigenvalue weighted by Gasteiger charge is 2.23. The molecule has 6 heteroatoms. The molecule has 0 bridgehead atoms. The highest BCUT2D eigenvalue weighted by molar-refractivity contribution is 5.91. The van der Waals surface area contributed by atoms with Crippen LogP contribution in [0.2, 0.25) is 0 Å². The van der Waals surface area contributed by atoms with E-state index in [0.29, 0.717) is 11.7 Å². The molecular weight excluding hydrogens is 326 g/mol. The van der Waals surface area contributed by atoms with Gasteiger partial charge in [-0.25, -0.2) is 0 Å². The number of para-hydroxylation sites is 1. The van der Waals surface area contributed by atoms with Crippen molar-refractivity contribution in [1.29, 1.82) is 0 Å². The molecule has 4 rings (SSSR count). The highest BCUT2D eigenvalue weighted by Crippen LogP contribution is 2.23. The van der Waals surface area contributed by atoms with Gasteiger partial charge in [0.1, 0.15) is 5.69 Å². The molecule has 0 aliphatic carbocycles. The van der Waals surface area contributed by atoms with Crippen LogP contribution in [0.1, 0.15) is 35.1 Å². The Hall–Kier alpha value is -2.73. The Labute approximate surface area is 152 Å². The Balaban J connectivity index is 1.46. The number of amides is 1. The number of nitrogens with zero attached hydrogens (tertiary/aromatic N) is 4. The van der Waals surface area contributed by atoms with Crippen LogP contribution in [-0.2, 0) is 6.54 Å². The van der Waals surface area contributed by atoms with Crippen LogP contribution in [0.3, 0.4) is 0 Å². The van der Waals surface area contributed by atoms with E-state index in [1.807, 2.05) is 23.0 Å². The minimum absolute atomic E-state index is 0.142. The van der Waals surface area contributed by atoms with E-state index in [1.54, 1.807) is 13.1 Å². The summed E-state index contributed by atoms with van der Waals surface area (Å²) >= 11 is 0. The molecule has 1 atom stereocenters. The lowest BCUT2D eigenvalue weighted by Gasteiger charge is -2.32. The summed E-state index contributed by atoms with van der Waals surface area (Å²) < 4.78 is 1.94. The first-order valence-corrected chi connectivity index (χ1v) is 9.07. The number of aromatic nitrogens is 3. The first kappa shape index (κ1) is 16.7. The second-order valence-electron chi connectivity index (χ2n) is 6.79. The zero-order valence-corrected chi connectivity index (χ0v) is 14.9. The number of nitrogens with one attached hydrogen (secondary N) is 1. The molecule has 1 N–H and O–H groups in total. The third-order valence-electron chi connectivity index (χ3n) is 4.96. The number of pyridine rings is 1. The van der Waals surface area contributed by atoms with Gasteiger partial charge in [0, 0.05) is 31.7 Å². The summed E-state index contributed by atoms with van der Waals surface area (Å²) in [6.45, 7) is 2.82. The van der Waals surface area contributed by atoms with Gasteiger partial charge in [-0.3, -0.25) is 19.4 Å². The van der Waals surface area contributed by atoms with Gasteiger partial charge in [0.2, 0.25) is 0 Å². The van der Waals surface area contributed by atoms with E-state index in [-0.39, 0.29) is 5.91 Å². The summed E-state index contributed by atoms with van der Waals surface area (Å²) in [5, 5.41) is 8.24. The van der Waals surface area contributed by atoms with Crippen molar-refractivity contribution in [2.45, 2.75) is 25.4 Å². The topological polar surface area (TPSA) is 63.1 Å². The van der Waals surface area contributed by atoms with Crippen LogP contribution >= 0.6 is 0 Å². The Bertz CT molecular complexity index is 919. The van der Waals surface area contributed by atoms with Crippen LogP contribution in [0, 0.1) is 0 Å². The molecule has 0 saturated carbocycles. The van der Waals surface area contributed by atoms with Gasteiger partial charge in [0.05, 0.1) is 17.3 Å². The maximum Gasteiger partial charge on any atom is 0.271 e.